The number of aliphatic hydroxyl groups excluding tert-OH is 3. The SMILES string of the molecule is CNc1ccn([C@]2(C#N)O[C@H](CO)[C@@H](O)[C@H]2O)c(=O)n1. The van der Waals surface area contributed by atoms with E-state index in [9.17, 15) is 20.3 Å². The third-order valence-electron chi connectivity index (χ3n) is 3.19. The van der Waals surface area contributed by atoms with Crippen LogP contribution in [0.25, 0.3) is 0 Å². The molecule has 2 rings (SSSR count). The van der Waals surface area contributed by atoms with Crippen LogP contribution in [0.15, 0.2) is 17.1 Å². The van der Waals surface area contributed by atoms with E-state index in [1.807, 2.05) is 0 Å². The van der Waals surface area contributed by atoms with Gasteiger partial charge in [0.25, 0.3) is 5.72 Å². The molecule has 0 saturated carbocycles. The predicted molar refractivity (Wildman–Crippen MR) is 65.6 cm³/mol. The first-order valence-corrected chi connectivity index (χ1v) is 5.84. The van der Waals surface area contributed by atoms with E-state index in [0.717, 1.165) is 4.57 Å². The fourth-order valence-corrected chi connectivity index (χ4v) is 2.09. The molecule has 4 N–H and O–H groups in total. The van der Waals surface area contributed by atoms with Crippen molar-refractivity contribution in [2.45, 2.75) is 24.0 Å². The Labute approximate surface area is 113 Å². The van der Waals surface area contributed by atoms with Crippen LogP contribution in [0.4, 0.5) is 5.82 Å². The minimum Gasteiger partial charge on any atom is -0.394 e. The Balaban J connectivity index is 2.53. The molecule has 1 aliphatic heterocycles. The summed E-state index contributed by atoms with van der Waals surface area (Å²) in [4.78, 5) is 15.6. The van der Waals surface area contributed by atoms with Crippen LogP contribution in [0.2, 0.25) is 0 Å². The molecule has 1 aromatic heterocycles. The molecule has 20 heavy (non-hydrogen) atoms. The summed E-state index contributed by atoms with van der Waals surface area (Å²) in [5.74, 6) is 0.283. The van der Waals surface area contributed by atoms with Gasteiger partial charge < -0.3 is 25.4 Å². The topological polar surface area (TPSA) is 141 Å². The molecule has 0 radical (unpaired) electrons. The quantitative estimate of drug-likeness (QED) is 0.480. The Kier molecular flexibility index (Phi) is 3.74. The number of nitrogens with one attached hydrogen (secondary N) is 1. The van der Waals surface area contributed by atoms with Gasteiger partial charge in [0.2, 0.25) is 0 Å². The highest BCUT2D eigenvalue weighted by Crippen LogP contribution is 2.34. The summed E-state index contributed by atoms with van der Waals surface area (Å²) in [6, 6.07) is 3.09. The van der Waals surface area contributed by atoms with Crippen LogP contribution in [0, 0.1) is 11.3 Å². The lowest BCUT2D eigenvalue weighted by Gasteiger charge is -2.26. The molecule has 0 bridgehead atoms. The highest BCUT2D eigenvalue weighted by atomic mass is 16.6. The molecule has 0 aromatic carbocycles. The van der Waals surface area contributed by atoms with Crippen LogP contribution >= 0.6 is 0 Å². The Morgan fingerprint density at radius 1 is 1.65 bits per heavy atom. The number of anilines is 1. The maximum absolute atomic E-state index is 11.9. The fourth-order valence-electron chi connectivity index (χ4n) is 2.09. The first-order valence-electron chi connectivity index (χ1n) is 5.84. The Hall–Kier alpha value is -1.99. The van der Waals surface area contributed by atoms with Gasteiger partial charge in [-0.05, 0) is 6.07 Å². The number of hydrogen-bond donors (Lipinski definition) is 4. The molecule has 1 aromatic rings. The third kappa shape index (κ3) is 1.95. The van der Waals surface area contributed by atoms with Crippen molar-refractivity contribution in [2.24, 2.45) is 0 Å². The zero-order chi connectivity index (χ0) is 14.9. The first-order chi connectivity index (χ1) is 9.50. The summed E-state index contributed by atoms with van der Waals surface area (Å²) >= 11 is 0. The standard InChI is InChI=1S/C11H14N4O5/c1-13-7-2-3-15(10(19)14-7)11(5-12)9(18)8(17)6(4-16)20-11/h2-3,6,8-9,16-18H,4H2,1H3,(H,13,14,19)/t6-,8-,9-,11-/m1/s1. The number of ether oxygens (including phenoxy) is 1. The van der Waals surface area contributed by atoms with Crippen molar-refractivity contribution < 1.29 is 20.1 Å². The van der Waals surface area contributed by atoms with Gasteiger partial charge in [-0.3, -0.25) is 4.57 Å². The van der Waals surface area contributed by atoms with Gasteiger partial charge in [0.1, 0.15) is 30.2 Å². The van der Waals surface area contributed by atoms with Gasteiger partial charge >= 0.3 is 5.69 Å². The van der Waals surface area contributed by atoms with Crippen molar-refractivity contribution in [3.63, 3.8) is 0 Å². The molecule has 9 nitrogen and oxygen atoms in total. The average molecular weight is 282 g/mol. The molecular formula is C11H14N4O5. The molecule has 0 aliphatic carbocycles. The second kappa shape index (κ2) is 5.18. The molecule has 4 atom stereocenters. The fraction of sp³-hybridized carbons (Fsp3) is 0.545. The van der Waals surface area contributed by atoms with Gasteiger partial charge in [0.15, 0.2) is 0 Å². The second-order valence-corrected chi connectivity index (χ2v) is 4.30. The van der Waals surface area contributed by atoms with Gasteiger partial charge in [-0.15, -0.1) is 0 Å². The number of aliphatic hydroxyl groups is 3. The molecule has 1 fully saturated rings. The Morgan fingerprint density at radius 3 is 2.80 bits per heavy atom. The summed E-state index contributed by atoms with van der Waals surface area (Å²) in [6.07, 6.45) is -3.12. The number of rotatable bonds is 3. The van der Waals surface area contributed by atoms with E-state index in [4.69, 9.17) is 9.84 Å². The minimum atomic E-state index is -2.12. The zero-order valence-corrected chi connectivity index (χ0v) is 10.6. The molecule has 1 aliphatic rings. The average Bonchev–Trinajstić information content (AvgIpc) is 2.72. The number of aromatic nitrogens is 2. The molecule has 2 heterocycles. The van der Waals surface area contributed by atoms with E-state index in [-0.39, 0.29) is 5.82 Å². The van der Waals surface area contributed by atoms with Crippen molar-refractivity contribution in [3.05, 3.63) is 22.7 Å². The van der Waals surface area contributed by atoms with Crippen LogP contribution in [-0.2, 0) is 10.5 Å². The summed E-state index contributed by atoms with van der Waals surface area (Å²) in [5.41, 5.74) is -2.95. The van der Waals surface area contributed by atoms with Gasteiger partial charge in [0.05, 0.1) is 6.61 Å². The molecule has 108 valence electrons. The van der Waals surface area contributed by atoms with E-state index in [0.29, 0.717) is 0 Å². The van der Waals surface area contributed by atoms with E-state index in [1.54, 1.807) is 13.1 Å². The minimum absolute atomic E-state index is 0.283. The van der Waals surface area contributed by atoms with E-state index < -0.39 is 36.3 Å². The maximum atomic E-state index is 11.9. The number of hydrogen-bond acceptors (Lipinski definition) is 8. The smallest absolute Gasteiger partial charge is 0.352 e. The molecule has 9 heteroatoms. The van der Waals surface area contributed by atoms with Crippen molar-refractivity contribution >= 4 is 5.82 Å². The van der Waals surface area contributed by atoms with E-state index in [1.165, 1.54) is 12.3 Å². The zero-order valence-electron chi connectivity index (χ0n) is 10.6. The molecule has 0 spiro atoms. The third-order valence-corrected chi connectivity index (χ3v) is 3.19. The van der Waals surface area contributed by atoms with Crippen LogP contribution in [-0.4, -0.2) is 56.8 Å². The molecule has 0 amide bonds. The van der Waals surface area contributed by atoms with Crippen LogP contribution in [0.3, 0.4) is 0 Å². The molecule has 0 unspecified atom stereocenters. The highest BCUT2D eigenvalue weighted by Gasteiger charge is 2.56. The van der Waals surface area contributed by atoms with Crippen LogP contribution < -0.4 is 11.0 Å². The number of nitriles is 1. The number of nitrogens with zero attached hydrogens (tertiary/aromatic N) is 3. The van der Waals surface area contributed by atoms with E-state index in [2.05, 4.69) is 10.3 Å². The summed E-state index contributed by atoms with van der Waals surface area (Å²) in [7, 11) is 1.57. The lowest BCUT2D eigenvalue weighted by atomic mass is 10.0. The van der Waals surface area contributed by atoms with Crippen molar-refractivity contribution in [1.29, 1.82) is 5.26 Å². The molecular weight excluding hydrogens is 268 g/mol. The van der Waals surface area contributed by atoms with Gasteiger partial charge in [-0.2, -0.15) is 10.2 Å². The normalized spacial score (nSPS) is 32.9. The summed E-state index contributed by atoms with van der Waals surface area (Å²) in [5, 5.41) is 40.8. The van der Waals surface area contributed by atoms with Gasteiger partial charge in [-0.1, -0.05) is 0 Å². The van der Waals surface area contributed by atoms with Gasteiger partial charge in [-0.25, -0.2) is 4.79 Å². The molecule has 1 saturated heterocycles. The lowest BCUT2D eigenvalue weighted by molar-refractivity contribution is -0.109. The van der Waals surface area contributed by atoms with Crippen molar-refractivity contribution in [2.75, 3.05) is 19.0 Å². The van der Waals surface area contributed by atoms with E-state index >= 15 is 0 Å². The largest absolute Gasteiger partial charge is 0.394 e. The van der Waals surface area contributed by atoms with Crippen LogP contribution in [0.5, 0.6) is 0 Å². The van der Waals surface area contributed by atoms with Crippen LogP contribution in [0.1, 0.15) is 0 Å². The summed E-state index contributed by atoms with van der Waals surface area (Å²) < 4.78 is 5.99. The second-order valence-electron chi connectivity index (χ2n) is 4.30. The van der Waals surface area contributed by atoms with Crippen molar-refractivity contribution in [1.82, 2.24) is 9.55 Å². The van der Waals surface area contributed by atoms with Crippen molar-refractivity contribution in [3.8, 4) is 6.07 Å². The predicted octanol–water partition coefficient (Wildman–Crippen LogP) is -2.43. The first kappa shape index (κ1) is 14.4. The Bertz CT molecular complexity index is 597. The van der Waals surface area contributed by atoms with Gasteiger partial charge in [0, 0.05) is 13.2 Å². The maximum Gasteiger partial charge on any atom is 0.352 e. The Morgan fingerprint density at radius 2 is 2.35 bits per heavy atom. The summed E-state index contributed by atoms with van der Waals surface area (Å²) in [6.45, 7) is -0.599. The lowest BCUT2D eigenvalue weighted by Crippen LogP contribution is -2.49. The monoisotopic (exact) mass is 282 g/mol. The highest BCUT2D eigenvalue weighted by molar-refractivity contribution is 5.31.